The van der Waals surface area contributed by atoms with Crippen LogP contribution in [0.4, 0.5) is 13.8 Å². The van der Waals surface area contributed by atoms with Gasteiger partial charge in [-0.05, 0) is 60.5 Å². The van der Waals surface area contributed by atoms with E-state index in [0.717, 1.165) is 32.0 Å². The number of nitrogens with zero attached hydrogens (tertiary/aromatic N) is 2. The first kappa shape index (κ1) is 21.9. The fourth-order valence-electron chi connectivity index (χ4n) is 3.13. The summed E-state index contributed by atoms with van der Waals surface area (Å²) in [5.74, 6) is -0.0881. The van der Waals surface area contributed by atoms with E-state index in [4.69, 9.17) is 0 Å². The number of nitrogens with one attached hydrogen (secondary N) is 2. The normalized spacial score (nSPS) is 15.4. The third-order valence-corrected chi connectivity index (χ3v) is 5.50. The molecule has 2 N–H and O–H groups in total. The van der Waals surface area contributed by atoms with Gasteiger partial charge in [-0.15, -0.1) is 35.3 Å². The Hall–Kier alpha value is -1.42. The minimum Gasteiger partial charge on any atom is -0.363 e. The van der Waals surface area contributed by atoms with Gasteiger partial charge in [0.2, 0.25) is 0 Å². The van der Waals surface area contributed by atoms with E-state index in [0.29, 0.717) is 30.5 Å². The molecule has 0 unspecified atom stereocenters. The monoisotopic (exact) mass is 506 g/mol. The molecule has 0 spiro atoms. The molecule has 1 aliphatic rings. The summed E-state index contributed by atoms with van der Waals surface area (Å²) in [7, 11) is 1.72. The second kappa shape index (κ2) is 10.8. The van der Waals surface area contributed by atoms with Gasteiger partial charge in [-0.2, -0.15) is 0 Å². The lowest BCUT2D eigenvalue weighted by atomic mass is 10.1. The minimum atomic E-state index is -0.415. The summed E-state index contributed by atoms with van der Waals surface area (Å²) in [5.41, 5.74) is 0.372. The zero-order valence-corrected chi connectivity index (χ0v) is 18.4. The van der Waals surface area contributed by atoms with Crippen LogP contribution in [0.1, 0.15) is 18.4 Å². The van der Waals surface area contributed by atoms with E-state index in [2.05, 4.69) is 38.0 Å². The molecule has 8 heteroatoms. The molecule has 1 aromatic heterocycles. The van der Waals surface area contributed by atoms with Gasteiger partial charge in [0.05, 0.1) is 5.00 Å². The van der Waals surface area contributed by atoms with Crippen LogP contribution in [0.3, 0.4) is 0 Å². The maximum absolute atomic E-state index is 13.7. The molecule has 0 bridgehead atoms. The van der Waals surface area contributed by atoms with Gasteiger partial charge in [-0.25, -0.2) is 8.78 Å². The van der Waals surface area contributed by atoms with Crippen molar-refractivity contribution in [3.8, 4) is 0 Å². The molecule has 0 atom stereocenters. The van der Waals surface area contributed by atoms with Gasteiger partial charge in [0.15, 0.2) is 5.96 Å². The first-order valence-corrected chi connectivity index (χ1v) is 9.73. The van der Waals surface area contributed by atoms with E-state index in [1.807, 2.05) is 0 Å². The predicted molar refractivity (Wildman–Crippen MR) is 120 cm³/mol. The molecule has 1 aromatic carbocycles. The SMILES string of the molecule is CN=C(NCCc1cc(F)ccc1F)NC1CCN(c2cccs2)CC1.I. The zero-order chi connectivity index (χ0) is 18.4. The number of halogens is 3. The van der Waals surface area contributed by atoms with Gasteiger partial charge in [0, 0.05) is 32.7 Å². The number of guanidine groups is 1. The Morgan fingerprint density at radius 3 is 2.70 bits per heavy atom. The highest BCUT2D eigenvalue weighted by Crippen LogP contribution is 2.24. The first-order chi connectivity index (χ1) is 12.7. The molecule has 1 saturated heterocycles. The number of hydrogen-bond donors (Lipinski definition) is 2. The van der Waals surface area contributed by atoms with Gasteiger partial charge < -0.3 is 15.5 Å². The lowest BCUT2D eigenvalue weighted by molar-refractivity contribution is 0.463. The van der Waals surface area contributed by atoms with Crippen LogP contribution in [0, 0.1) is 11.6 Å². The summed E-state index contributed by atoms with van der Waals surface area (Å²) < 4.78 is 26.9. The second-order valence-corrected chi connectivity index (χ2v) is 7.27. The summed E-state index contributed by atoms with van der Waals surface area (Å²) in [6, 6.07) is 8.15. The lowest BCUT2D eigenvalue weighted by Crippen LogP contribution is -2.49. The number of anilines is 1. The Morgan fingerprint density at radius 2 is 2.04 bits per heavy atom. The van der Waals surface area contributed by atoms with E-state index < -0.39 is 5.82 Å². The van der Waals surface area contributed by atoms with E-state index >= 15 is 0 Å². The highest BCUT2D eigenvalue weighted by Gasteiger charge is 2.20. The summed E-state index contributed by atoms with van der Waals surface area (Å²) in [5, 5.41) is 10.0. The smallest absolute Gasteiger partial charge is 0.191 e. The third-order valence-electron chi connectivity index (χ3n) is 4.57. The first-order valence-electron chi connectivity index (χ1n) is 8.85. The molecule has 0 amide bonds. The van der Waals surface area contributed by atoms with Crippen LogP contribution in [0.25, 0.3) is 0 Å². The molecule has 0 aliphatic carbocycles. The van der Waals surface area contributed by atoms with Crippen molar-refractivity contribution in [1.29, 1.82) is 0 Å². The molecule has 148 valence electrons. The quantitative estimate of drug-likeness (QED) is 0.366. The van der Waals surface area contributed by atoms with Crippen LogP contribution in [-0.2, 0) is 6.42 Å². The number of thiophene rings is 1. The van der Waals surface area contributed by atoms with Crippen molar-refractivity contribution in [3.05, 3.63) is 52.9 Å². The number of aliphatic imine (C=N–C) groups is 1. The van der Waals surface area contributed by atoms with Crippen LogP contribution < -0.4 is 15.5 Å². The van der Waals surface area contributed by atoms with Crippen molar-refractivity contribution in [1.82, 2.24) is 10.6 Å². The lowest BCUT2D eigenvalue weighted by Gasteiger charge is -2.33. The topological polar surface area (TPSA) is 39.7 Å². The Bertz CT molecular complexity index is 731. The Labute approximate surface area is 180 Å². The Kier molecular flexibility index (Phi) is 8.75. The summed E-state index contributed by atoms with van der Waals surface area (Å²) in [4.78, 5) is 6.65. The molecule has 27 heavy (non-hydrogen) atoms. The summed E-state index contributed by atoms with van der Waals surface area (Å²) in [6.07, 6.45) is 2.48. The molecular formula is C19H25F2IN4S. The number of benzene rings is 1. The summed E-state index contributed by atoms with van der Waals surface area (Å²) in [6.45, 7) is 2.53. The van der Waals surface area contributed by atoms with E-state index in [-0.39, 0.29) is 29.8 Å². The number of hydrogen-bond acceptors (Lipinski definition) is 3. The molecule has 2 heterocycles. The van der Waals surface area contributed by atoms with Crippen molar-refractivity contribution in [3.63, 3.8) is 0 Å². The van der Waals surface area contributed by atoms with E-state index in [1.165, 1.54) is 17.1 Å². The number of rotatable bonds is 5. The Morgan fingerprint density at radius 1 is 1.26 bits per heavy atom. The molecule has 1 fully saturated rings. The van der Waals surface area contributed by atoms with Gasteiger partial charge in [0.25, 0.3) is 0 Å². The maximum atomic E-state index is 13.7. The van der Waals surface area contributed by atoms with Gasteiger partial charge in [-0.1, -0.05) is 0 Å². The molecule has 0 saturated carbocycles. The van der Waals surface area contributed by atoms with Crippen molar-refractivity contribution < 1.29 is 8.78 Å². The average molecular weight is 506 g/mol. The summed E-state index contributed by atoms with van der Waals surface area (Å²) >= 11 is 1.77. The van der Waals surface area contributed by atoms with Crippen molar-refractivity contribution in [2.75, 3.05) is 31.6 Å². The predicted octanol–water partition coefficient (Wildman–Crippen LogP) is 4.02. The molecule has 4 nitrogen and oxygen atoms in total. The maximum Gasteiger partial charge on any atom is 0.191 e. The van der Waals surface area contributed by atoms with Crippen LogP contribution in [0.5, 0.6) is 0 Å². The Balaban J connectivity index is 0.00000261. The largest absolute Gasteiger partial charge is 0.363 e. The molecule has 2 aromatic rings. The average Bonchev–Trinajstić information content (AvgIpc) is 3.19. The molecule has 1 aliphatic heterocycles. The van der Waals surface area contributed by atoms with Gasteiger partial charge in [0.1, 0.15) is 11.6 Å². The van der Waals surface area contributed by atoms with Gasteiger partial charge >= 0.3 is 0 Å². The number of piperidine rings is 1. The van der Waals surface area contributed by atoms with Crippen LogP contribution in [-0.4, -0.2) is 38.7 Å². The minimum absolute atomic E-state index is 0. The fraction of sp³-hybridized carbons (Fsp3) is 0.421. The van der Waals surface area contributed by atoms with Gasteiger partial charge in [-0.3, -0.25) is 4.99 Å². The van der Waals surface area contributed by atoms with Crippen LogP contribution in [0.2, 0.25) is 0 Å². The highest BCUT2D eigenvalue weighted by molar-refractivity contribution is 14.0. The molecule has 0 radical (unpaired) electrons. The van der Waals surface area contributed by atoms with Crippen LogP contribution in [0.15, 0.2) is 40.7 Å². The van der Waals surface area contributed by atoms with Crippen molar-refractivity contribution in [2.24, 2.45) is 4.99 Å². The highest BCUT2D eigenvalue weighted by atomic mass is 127. The third kappa shape index (κ3) is 6.31. The van der Waals surface area contributed by atoms with Crippen molar-refractivity contribution >= 4 is 46.3 Å². The zero-order valence-electron chi connectivity index (χ0n) is 15.3. The second-order valence-electron chi connectivity index (χ2n) is 6.34. The molecule has 3 rings (SSSR count). The fourth-order valence-corrected chi connectivity index (χ4v) is 3.92. The van der Waals surface area contributed by atoms with E-state index in [9.17, 15) is 8.78 Å². The molecular weight excluding hydrogens is 481 g/mol. The van der Waals surface area contributed by atoms with E-state index in [1.54, 1.807) is 18.4 Å². The van der Waals surface area contributed by atoms with Crippen LogP contribution >= 0.6 is 35.3 Å². The van der Waals surface area contributed by atoms with Crippen molar-refractivity contribution in [2.45, 2.75) is 25.3 Å². The standard InChI is InChI=1S/C19H24F2N4S.HI/c1-22-19(23-9-6-14-13-15(20)4-5-17(14)21)24-16-7-10-25(11-8-16)18-3-2-12-26-18;/h2-5,12-13,16H,6-11H2,1H3,(H2,22,23,24);1H.